The lowest BCUT2D eigenvalue weighted by Crippen LogP contribution is -2.03. The number of benzene rings is 2. The standard InChI is InChI=1S/C20H17N3O/c24-20-11-16-7-6-15(10-18(16)23-20)17-8-9-21-13-19(17)22-12-14-4-2-1-3-5-14/h1-10,13,22H,11-12H2,(H,23,24). The van der Waals surface area contributed by atoms with Gasteiger partial charge < -0.3 is 10.6 Å². The van der Waals surface area contributed by atoms with E-state index in [1.54, 1.807) is 6.20 Å². The molecule has 0 bridgehead atoms. The van der Waals surface area contributed by atoms with Crippen LogP contribution in [0.3, 0.4) is 0 Å². The zero-order valence-electron chi connectivity index (χ0n) is 13.1. The SMILES string of the molecule is O=C1Cc2ccc(-c3ccncc3NCc3ccccc3)cc2N1. The third-order valence-electron chi connectivity index (χ3n) is 4.19. The summed E-state index contributed by atoms with van der Waals surface area (Å²) in [6.07, 6.45) is 4.09. The van der Waals surface area contributed by atoms with Crippen LogP contribution in [-0.2, 0) is 17.8 Å². The van der Waals surface area contributed by atoms with Crippen molar-refractivity contribution in [3.63, 3.8) is 0 Å². The molecular weight excluding hydrogens is 298 g/mol. The predicted octanol–water partition coefficient (Wildman–Crippen LogP) is 3.86. The molecule has 1 amide bonds. The van der Waals surface area contributed by atoms with E-state index in [0.717, 1.165) is 34.6 Å². The molecule has 1 aliphatic heterocycles. The first-order valence-electron chi connectivity index (χ1n) is 7.94. The number of nitrogens with zero attached hydrogens (tertiary/aromatic N) is 1. The molecule has 24 heavy (non-hydrogen) atoms. The number of pyridine rings is 1. The maximum atomic E-state index is 11.5. The lowest BCUT2D eigenvalue weighted by atomic mass is 10.0. The fraction of sp³-hybridized carbons (Fsp3) is 0.100. The molecule has 4 nitrogen and oxygen atoms in total. The Kier molecular flexibility index (Phi) is 3.71. The van der Waals surface area contributed by atoms with E-state index in [0.29, 0.717) is 6.42 Å². The van der Waals surface area contributed by atoms with Gasteiger partial charge in [-0.1, -0.05) is 42.5 Å². The molecule has 0 aliphatic carbocycles. The maximum Gasteiger partial charge on any atom is 0.228 e. The van der Waals surface area contributed by atoms with Crippen molar-refractivity contribution in [3.05, 3.63) is 78.1 Å². The Morgan fingerprint density at radius 3 is 2.83 bits per heavy atom. The van der Waals surface area contributed by atoms with Crippen LogP contribution >= 0.6 is 0 Å². The molecule has 0 atom stereocenters. The zero-order valence-corrected chi connectivity index (χ0v) is 13.1. The number of carbonyl (C=O) groups is 1. The molecule has 118 valence electrons. The number of anilines is 2. The smallest absolute Gasteiger partial charge is 0.228 e. The van der Waals surface area contributed by atoms with Gasteiger partial charge in [-0.25, -0.2) is 0 Å². The second-order valence-electron chi connectivity index (χ2n) is 5.86. The van der Waals surface area contributed by atoms with Crippen molar-refractivity contribution < 1.29 is 4.79 Å². The average molecular weight is 315 g/mol. The van der Waals surface area contributed by atoms with Crippen LogP contribution in [-0.4, -0.2) is 10.9 Å². The molecular formula is C20H17N3O. The molecule has 2 heterocycles. The minimum Gasteiger partial charge on any atom is -0.379 e. The third kappa shape index (κ3) is 2.86. The fourth-order valence-corrected chi connectivity index (χ4v) is 2.96. The summed E-state index contributed by atoms with van der Waals surface area (Å²) in [7, 11) is 0. The average Bonchev–Trinajstić information content (AvgIpc) is 3.00. The number of hydrogen-bond acceptors (Lipinski definition) is 3. The Hall–Kier alpha value is -3.14. The van der Waals surface area contributed by atoms with Crippen LogP contribution < -0.4 is 10.6 Å². The van der Waals surface area contributed by atoms with Gasteiger partial charge in [0.2, 0.25) is 5.91 Å². The molecule has 0 saturated heterocycles. The van der Waals surface area contributed by atoms with E-state index in [1.165, 1.54) is 5.56 Å². The minimum absolute atomic E-state index is 0.0549. The van der Waals surface area contributed by atoms with Gasteiger partial charge >= 0.3 is 0 Å². The second kappa shape index (κ2) is 6.16. The number of fused-ring (bicyclic) bond motifs is 1. The highest BCUT2D eigenvalue weighted by atomic mass is 16.1. The number of amides is 1. The predicted molar refractivity (Wildman–Crippen MR) is 95.8 cm³/mol. The van der Waals surface area contributed by atoms with Crippen molar-refractivity contribution >= 4 is 17.3 Å². The highest BCUT2D eigenvalue weighted by Gasteiger charge is 2.18. The van der Waals surface area contributed by atoms with E-state index >= 15 is 0 Å². The van der Waals surface area contributed by atoms with E-state index < -0.39 is 0 Å². The van der Waals surface area contributed by atoms with E-state index in [4.69, 9.17) is 0 Å². The number of rotatable bonds is 4. The van der Waals surface area contributed by atoms with Crippen LogP contribution in [0.1, 0.15) is 11.1 Å². The summed E-state index contributed by atoms with van der Waals surface area (Å²) in [5, 5.41) is 6.36. The molecule has 0 fully saturated rings. The first-order valence-corrected chi connectivity index (χ1v) is 7.94. The molecule has 4 rings (SSSR count). The van der Waals surface area contributed by atoms with Crippen LogP contribution in [0, 0.1) is 0 Å². The summed E-state index contributed by atoms with van der Waals surface area (Å²) in [5.41, 5.74) is 6.29. The van der Waals surface area contributed by atoms with E-state index in [9.17, 15) is 4.79 Å². The first-order chi connectivity index (χ1) is 11.8. The monoisotopic (exact) mass is 315 g/mol. The topological polar surface area (TPSA) is 54.0 Å². The second-order valence-corrected chi connectivity index (χ2v) is 5.86. The molecule has 1 aliphatic rings. The molecule has 3 aromatic rings. The number of aromatic nitrogens is 1. The Morgan fingerprint density at radius 2 is 1.96 bits per heavy atom. The van der Waals surface area contributed by atoms with Crippen LogP contribution in [0.2, 0.25) is 0 Å². The summed E-state index contributed by atoms with van der Waals surface area (Å²) in [5.74, 6) is 0.0549. The van der Waals surface area contributed by atoms with Crippen LogP contribution in [0.25, 0.3) is 11.1 Å². The molecule has 1 aromatic heterocycles. The largest absolute Gasteiger partial charge is 0.379 e. The maximum absolute atomic E-state index is 11.5. The van der Waals surface area contributed by atoms with Gasteiger partial charge in [-0.3, -0.25) is 9.78 Å². The van der Waals surface area contributed by atoms with Gasteiger partial charge in [0.05, 0.1) is 18.3 Å². The van der Waals surface area contributed by atoms with Crippen molar-refractivity contribution in [1.82, 2.24) is 4.98 Å². The van der Waals surface area contributed by atoms with Gasteiger partial charge in [0.25, 0.3) is 0 Å². The highest BCUT2D eigenvalue weighted by molar-refractivity contribution is 6.00. The van der Waals surface area contributed by atoms with Crippen molar-refractivity contribution in [2.24, 2.45) is 0 Å². The number of carbonyl (C=O) groups excluding carboxylic acids is 1. The Labute approximate surface area is 140 Å². The summed E-state index contributed by atoms with van der Waals surface area (Å²) < 4.78 is 0. The highest BCUT2D eigenvalue weighted by Crippen LogP contribution is 2.33. The quantitative estimate of drug-likeness (QED) is 0.769. The van der Waals surface area contributed by atoms with Gasteiger partial charge in [-0.15, -0.1) is 0 Å². The van der Waals surface area contributed by atoms with E-state index in [1.807, 2.05) is 42.6 Å². The van der Waals surface area contributed by atoms with Crippen LogP contribution in [0.4, 0.5) is 11.4 Å². The lowest BCUT2D eigenvalue weighted by molar-refractivity contribution is -0.115. The lowest BCUT2D eigenvalue weighted by Gasteiger charge is -2.13. The van der Waals surface area contributed by atoms with E-state index in [-0.39, 0.29) is 5.91 Å². The molecule has 0 saturated carbocycles. The van der Waals surface area contributed by atoms with Gasteiger partial charge in [0, 0.05) is 24.0 Å². The normalized spacial score (nSPS) is 12.6. The molecule has 0 spiro atoms. The van der Waals surface area contributed by atoms with Crippen LogP contribution in [0.5, 0.6) is 0 Å². The fourth-order valence-electron chi connectivity index (χ4n) is 2.96. The number of hydrogen-bond donors (Lipinski definition) is 2. The molecule has 4 heteroatoms. The van der Waals surface area contributed by atoms with Crippen molar-refractivity contribution in [2.75, 3.05) is 10.6 Å². The van der Waals surface area contributed by atoms with Gasteiger partial charge in [0.15, 0.2) is 0 Å². The Bertz CT molecular complexity index is 890. The molecule has 0 unspecified atom stereocenters. The van der Waals surface area contributed by atoms with Gasteiger partial charge in [-0.2, -0.15) is 0 Å². The van der Waals surface area contributed by atoms with Crippen LogP contribution in [0.15, 0.2) is 67.0 Å². The molecule has 2 N–H and O–H groups in total. The van der Waals surface area contributed by atoms with Gasteiger partial charge in [-0.05, 0) is 28.8 Å². The number of nitrogens with one attached hydrogen (secondary N) is 2. The molecule has 2 aromatic carbocycles. The summed E-state index contributed by atoms with van der Waals surface area (Å²) >= 11 is 0. The van der Waals surface area contributed by atoms with Crippen molar-refractivity contribution in [3.8, 4) is 11.1 Å². The first kappa shape index (κ1) is 14.5. The molecule has 0 radical (unpaired) electrons. The Balaban J connectivity index is 1.62. The minimum atomic E-state index is 0.0549. The van der Waals surface area contributed by atoms with E-state index in [2.05, 4.69) is 33.8 Å². The summed E-state index contributed by atoms with van der Waals surface area (Å²) in [6.45, 7) is 0.737. The van der Waals surface area contributed by atoms with Crippen molar-refractivity contribution in [1.29, 1.82) is 0 Å². The Morgan fingerprint density at radius 1 is 1.08 bits per heavy atom. The van der Waals surface area contributed by atoms with Crippen molar-refractivity contribution in [2.45, 2.75) is 13.0 Å². The third-order valence-corrected chi connectivity index (χ3v) is 4.19. The summed E-state index contributed by atoms with van der Waals surface area (Å²) in [4.78, 5) is 15.8. The van der Waals surface area contributed by atoms with Gasteiger partial charge in [0.1, 0.15) is 0 Å². The zero-order chi connectivity index (χ0) is 16.4. The summed E-state index contributed by atoms with van der Waals surface area (Å²) in [6, 6.07) is 18.4.